The van der Waals surface area contributed by atoms with Crippen LogP contribution in [0.4, 0.5) is 8.78 Å². The van der Waals surface area contributed by atoms with E-state index in [4.69, 9.17) is 0 Å². The highest BCUT2D eigenvalue weighted by molar-refractivity contribution is 7.11. The molecule has 0 radical (unpaired) electrons. The number of rotatable bonds is 5. The molecule has 0 saturated carbocycles. The van der Waals surface area contributed by atoms with E-state index in [2.05, 4.69) is 10.3 Å². The Morgan fingerprint density at radius 3 is 2.29 bits per heavy atom. The van der Waals surface area contributed by atoms with Gasteiger partial charge in [-0.2, -0.15) is 0 Å². The Balaban J connectivity index is 1.56. The summed E-state index contributed by atoms with van der Waals surface area (Å²) in [4.78, 5) is 17.3. The fourth-order valence-corrected chi connectivity index (χ4v) is 3.07. The monoisotopic (exact) mass is 344 g/mol. The van der Waals surface area contributed by atoms with E-state index in [1.807, 2.05) is 0 Å². The number of hydrogen-bond donors (Lipinski definition) is 1. The standard InChI is InChI=1S/C18H14F2N2OS/c19-14-5-1-12(2-6-14)9-16-10-21-17(24-16)11-22-18(23)13-3-7-15(20)8-4-13/h1-8,10H,9,11H2,(H,22,23). The molecule has 0 saturated heterocycles. The Labute approximate surface area is 142 Å². The minimum atomic E-state index is -0.378. The normalized spacial score (nSPS) is 10.6. The van der Waals surface area contributed by atoms with Gasteiger partial charge in [-0.05, 0) is 42.0 Å². The molecule has 0 atom stereocenters. The van der Waals surface area contributed by atoms with Crippen LogP contribution in [0.15, 0.2) is 54.7 Å². The van der Waals surface area contributed by atoms with Crippen molar-refractivity contribution >= 4 is 17.2 Å². The van der Waals surface area contributed by atoms with Crippen molar-refractivity contribution in [1.29, 1.82) is 0 Å². The van der Waals surface area contributed by atoms with E-state index in [0.717, 1.165) is 15.4 Å². The molecule has 3 aromatic rings. The van der Waals surface area contributed by atoms with Crippen molar-refractivity contribution in [2.75, 3.05) is 0 Å². The highest BCUT2D eigenvalue weighted by atomic mass is 32.1. The lowest BCUT2D eigenvalue weighted by molar-refractivity contribution is 0.0951. The molecule has 0 fully saturated rings. The maximum absolute atomic E-state index is 12.9. The SMILES string of the molecule is O=C(NCc1ncc(Cc2ccc(F)cc2)s1)c1ccc(F)cc1. The number of hydrogen-bond acceptors (Lipinski definition) is 3. The molecule has 3 nitrogen and oxygen atoms in total. The molecule has 6 heteroatoms. The Hall–Kier alpha value is -2.60. The summed E-state index contributed by atoms with van der Waals surface area (Å²) in [6.45, 7) is 0.310. The number of thiazole rings is 1. The van der Waals surface area contributed by atoms with E-state index in [-0.39, 0.29) is 17.5 Å². The zero-order valence-electron chi connectivity index (χ0n) is 12.6. The van der Waals surface area contributed by atoms with Crippen molar-refractivity contribution in [3.05, 3.63) is 87.4 Å². The second-order valence-corrected chi connectivity index (χ2v) is 6.41. The van der Waals surface area contributed by atoms with Crippen LogP contribution in [0, 0.1) is 11.6 Å². The van der Waals surface area contributed by atoms with Crippen LogP contribution in [0.1, 0.15) is 25.8 Å². The van der Waals surface area contributed by atoms with Gasteiger partial charge in [-0.3, -0.25) is 4.79 Å². The first-order chi connectivity index (χ1) is 11.6. The summed E-state index contributed by atoms with van der Waals surface area (Å²) in [5, 5.41) is 3.54. The van der Waals surface area contributed by atoms with Gasteiger partial charge < -0.3 is 5.32 Å². The molecule has 0 bridgehead atoms. The average molecular weight is 344 g/mol. The van der Waals surface area contributed by atoms with Gasteiger partial charge >= 0.3 is 0 Å². The summed E-state index contributed by atoms with van der Waals surface area (Å²) in [6.07, 6.45) is 2.43. The number of aromatic nitrogens is 1. The number of nitrogens with zero attached hydrogens (tertiary/aromatic N) is 1. The third-order valence-corrected chi connectivity index (χ3v) is 4.40. The lowest BCUT2D eigenvalue weighted by Crippen LogP contribution is -2.22. The molecular formula is C18H14F2N2OS. The minimum absolute atomic E-state index is 0.257. The van der Waals surface area contributed by atoms with Gasteiger partial charge in [0.1, 0.15) is 16.6 Å². The van der Waals surface area contributed by atoms with E-state index < -0.39 is 0 Å². The van der Waals surface area contributed by atoms with Gasteiger partial charge in [0.2, 0.25) is 0 Å². The van der Waals surface area contributed by atoms with Crippen LogP contribution in [0.3, 0.4) is 0 Å². The second kappa shape index (κ2) is 7.31. The van der Waals surface area contributed by atoms with Crippen molar-refractivity contribution in [2.45, 2.75) is 13.0 Å². The first kappa shape index (κ1) is 16.3. The number of nitrogens with one attached hydrogen (secondary N) is 1. The summed E-state index contributed by atoms with van der Waals surface area (Å²) in [6, 6.07) is 11.7. The molecule has 0 aliphatic carbocycles. The molecule has 24 heavy (non-hydrogen) atoms. The zero-order valence-corrected chi connectivity index (χ0v) is 13.4. The van der Waals surface area contributed by atoms with E-state index in [1.165, 1.54) is 47.7 Å². The molecule has 1 amide bonds. The largest absolute Gasteiger partial charge is 0.346 e. The molecule has 0 aliphatic rings. The summed E-state index contributed by atoms with van der Waals surface area (Å²) in [7, 11) is 0. The summed E-state index contributed by atoms with van der Waals surface area (Å²) < 4.78 is 25.7. The van der Waals surface area contributed by atoms with Gasteiger partial charge in [-0.25, -0.2) is 13.8 Å². The first-order valence-electron chi connectivity index (χ1n) is 7.32. The van der Waals surface area contributed by atoms with E-state index in [9.17, 15) is 13.6 Å². The molecule has 122 valence electrons. The molecule has 2 aromatic carbocycles. The smallest absolute Gasteiger partial charge is 0.251 e. The van der Waals surface area contributed by atoms with Crippen LogP contribution in [0.25, 0.3) is 0 Å². The van der Waals surface area contributed by atoms with Crippen LogP contribution >= 0.6 is 11.3 Å². The van der Waals surface area contributed by atoms with Crippen molar-refractivity contribution < 1.29 is 13.6 Å². The van der Waals surface area contributed by atoms with Gasteiger partial charge in [0.25, 0.3) is 5.91 Å². The van der Waals surface area contributed by atoms with Crippen molar-refractivity contribution in [1.82, 2.24) is 10.3 Å². The van der Waals surface area contributed by atoms with Crippen molar-refractivity contribution in [2.24, 2.45) is 0 Å². The molecule has 0 spiro atoms. The van der Waals surface area contributed by atoms with Gasteiger partial charge in [0.05, 0.1) is 6.54 Å². The Bertz CT molecular complexity index is 829. The molecule has 0 unspecified atom stereocenters. The number of carbonyl (C=O) groups is 1. The number of carbonyl (C=O) groups excluding carboxylic acids is 1. The molecule has 0 aliphatic heterocycles. The van der Waals surface area contributed by atoms with E-state index >= 15 is 0 Å². The predicted molar refractivity (Wildman–Crippen MR) is 88.9 cm³/mol. The first-order valence-corrected chi connectivity index (χ1v) is 8.13. The number of amides is 1. The van der Waals surface area contributed by atoms with E-state index in [1.54, 1.807) is 18.3 Å². The fraction of sp³-hybridized carbons (Fsp3) is 0.111. The Morgan fingerprint density at radius 1 is 1.00 bits per heavy atom. The van der Waals surface area contributed by atoms with E-state index in [0.29, 0.717) is 18.5 Å². The zero-order chi connectivity index (χ0) is 16.9. The highest BCUT2D eigenvalue weighted by Crippen LogP contribution is 2.17. The van der Waals surface area contributed by atoms with Crippen LogP contribution in [0.2, 0.25) is 0 Å². The molecule has 1 aromatic heterocycles. The molecule has 1 N–H and O–H groups in total. The van der Waals surface area contributed by atoms with Crippen LogP contribution in [-0.4, -0.2) is 10.9 Å². The minimum Gasteiger partial charge on any atom is -0.346 e. The quantitative estimate of drug-likeness (QED) is 0.762. The summed E-state index contributed by atoms with van der Waals surface area (Å²) >= 11 is 1.49. The predicted octanol–water partition coefficient (Wildman–Crippen LogP) is 3.94. The summed E-state index contributed by atoms with van der Waals surface area (Å²) in [5.41, 5.74) is 1.40. The van der Waals surface area contributed by atoms with Gasteiger partial charge in [0.15, 0.2) is 0 Å². The topological polar surface area (TPSA) is 42.0 Å². The third kappa shape index (κ3) is 4.23. The lowest BCUT2D eigenvalue weighted by atomic mass is 10.1. The molecular weight excluding hydrogens is 330 g/mol. The third-order valence-electron chi connectivity index (χ3n) is 3.40. The maximum Gasteiger partial charge on any atom is 0.251 e. The molecule has 3 rings (SSSR count). The Morgan fingerprint density at radius 2 is 1.62 bits per heavy atom. The maximum atomic E-state index is 12.9. The highest BCUT2D eigenvalue weighted by Gasteiger charge is 2.08. The lowest BCUT2D eigenvalue weighted by Gasteiger charge is -2.02. The van der Waals surface area contributed by atoms with Gasteiger partial charge in [-0.15, -0.1) is 11.3 Å². The van der Waals surface area contributed by atoms with Crippen molar-refractivity contribution in [3.8, 4) is 0 Å². The Kier molecular flexibility index (Phi) is 4.96. The molecule has 1 heterocycles. The van der Waals surface area contributed by atoms with Crippen LogP contribution < -0.4 is 5.32 Å². The number of halogens is 2. The van der Waals surface area contributed by atoms with Crippen molar-refractivity contribution in [3.63, 3.8) is 0 Å². The van der Waals surface area contributed by atoms with Crippen LogP contribution in [0.5, 0.6) is 0 Å². The summed E-state index contributed by atoms with van der Waals surface area (Å²) in [5.74, 6) is -0.908. The van der Waals surface area contributed by atoms with Gasteiger partial charge in [0, 0.05) is 23.1 Å². The van der Waals surface area contributed by atoms with Crippen LogP contribution in [-0.2, 0) is 13.0 Å². The number of benzene rings is 2. The average Bonchev–Trinajstić information content (AvgIpc) is 3.03. The van der Waals surface area contributed by atoms with Gasteiger partial charge in [-0.1, -0.05) is 12.1 Å². The fourth-order valence-electron chi connectivity index (χ4n) is 2.17. The second-order valence-electron chi connectivity index (χ2n) is 5.21.